The van der Waals surface area contributed by atoms with E-state index in [0.29, 0.717) is 12.1 Å². The zero-order valence-corrected chi connectivity index (χ0v) is 7.45. The predicted octanol–water partition coefficient (Wildman–Crippen LogP) is 2.81. The molecule has 74 valence electrons. The van der Waals surface area contributed by atoms with E-state index in [1.165, 1.54) is 6.07 Å². The van der Waals surface area contributed by atoms with Crippen LogP contribution in [0, 0.1) is 11.3 Å². The van der Waals surface area contributed by atoms with Gasteiger partial charge in [-0.05, 0) is 12.1 Å². The molecule has 14 heavy (non-hydrogen) atoms. The highest BCUT2D eigenvalue weighted by molar-refractivity contribution is 6.33. The maximum atomic E-state index is 12.2. The molecular formula is C8H4ClF3N2. The van der Waals surface area contributed by atoms with Crippen LogP contribution in [0.25, 0.3) is 0 Å². The SMILES string of the molecule is N#Cc1cc(C(F)(F)F)cc(Cl)c1N. The van der Waals surface area contributed by atoms with Gasteiger partial charge in [-0.1, -0.05) is 11.6 Å². The van der Waals surface area contributed by atoms with E-state index >= 15 is 0 Å². The van der Waals surface area contributed by atoms with Crippen LogP contribution in [-0.4, -0.2) is 0 Å². The summed E-state index contributed by atoms with van der Waals surface area (Å²) in [5, 5.41) is 8.21. The number of anilines is 1. The van der Waals surface area contributed by atoms with Gasteiger partial charge in [-0.25, -0.2) is 0 Å². The third-order valence-corrected chi connectivity index (χ3v) is 1.89. The fourth-order valence-corrected chi connectivity index (χ4v) is 1.09. The van der Waals surface area contributed by atoms with E-state index in [9.17, 15) is 13.2 Å². The van der Waals surface area contributed by atoms with E-state index in [4.69, 9.17) is 22.6 Å². The van der Waals surface area contributed by atoms with Crippen molar-refractivity contribution >= 4 is 17.3 Å². The molecule has 0 aliphatic rings. The molecule has 0 amide bonds. The topological polar surface area (TPSA) is 49.8 Å². The summed E-state index contributed by atoms with van der Waals surface area (Å²) in [7, 11) is 0. The van der Waals surface area contributed by atoms with Gasteiger partial charge >= 0.3 is 6.18 Å². The number of hydrogen-bond acceptors (Lipinski definition) is 2. The molecule has 0 fully saturated rings. The van der Waals surface area contributed by atoms with Gasteiger partial charge in [0.15, 0.2) is 0 Å². The second kappa shape index (κ2) is 3.39. The van der Waals surface area contributed by atoms with Gasteiger partial charge in [0, 0.05) is 0 Å². The van der Waals surface area contributed by atoms with Crippen LogP contribution in [0.5, 0.6) is 0 Å². The van der Waals surface area contributed by atoms with Crippen LogP contribution in [0.2, 0.25) is 5.02 Å². The monoisotopic (exact) mass is 220 g/mol. The highest BCUT2D eigenvalue weighted by Crippen LogP contribution is 2.34. The molecule has 0 saturated carbocycles. The van der Waals surface area contributed by atoms with Crippen molar-refractivity contribution in [1.82, 2.24) is 0 Å². The zero-order valence-electron chi connectivity index (χ0n) is 6.69. The molecule has 0 radical (unpaired) electrons. The second-order valence-electron chi connectivity index (χ2n) is 2.53. The van der Waals surface area contributed by atoms with Crippen LogP contribution in [-0.2, 0) is 6.18 Å². The maximum Gasteiger partial charge on any atom is 0.416 e. The zero-order chi connectivity index (χ0) is 10.9. The van der Waals surface area contributed by atoms with E-state index < -0.39 is 11.7 Å². The number of nitrogens with zero attached hydrogens (tertiary/aromatic N) is 1. The first-order chi connectivity index (χ1) is 6.36. The lowest BCUT2D eigenvalue weighted by Gasteiger charge is -2.09. The molecule has 1 aromatic carbocycles. The summed E-state index contributed by atoms with van der Waals surface area (Å²) in [6, 6.07) is 2.90. The molecule has 6 heteroatoms. The van der Waals surface area contributed by atoms with Crippen LogP contribution in [0.15, 0.2) is 12.1 Å². The van der Waals surface area contributed by atoms with E-state index in [2.05, 4.69) is 0 Å². The van der Waals surface area contributed by atoms with Gasteiger partial charge in [-0.3, -0.25) is 0 Å². The Hall–Kier alpha value is -1.41. The number of nitrogen functional groups attached to an aromatic ring is 1. The van der Waals surface area contributed by atoms with Crippen LogP contribution in [0.3, 0.4) is 0 Å². The van der Waals surface area contributed by atoms with Gasteiger partial charge in [-0.2, -0.15) is 18.4 Å². The van der Waals surface area contributed by atoms with Crippen molar-refractivity contribution in [2.45, 2.75) is 6.18 Å². The summed E-state index contributed by atoms with van der Waals surface area (Å²) < 4.78 is 36.6. The van der Waals surface area contributed by atoms with Crippen molar-refractivity contribution in [3.8, 4) is 6.07 Å². The number of nitrogens with two attached hydrogens (primary N) is 1. The molecule has 0 aromatic heterocycles. The molecule has 2 N–H and O–H groups in total. The van der Waals surface area contributed by atoms with Crippen molar-refractivity contribution in [3.05, 3.63) is 28.3 Å². The molecule has 0 heterocycles. The summed E-state index contributed by atoms with van der Waals surface area (Å²) in [5.74, 6) is 0. The summed E-state index contributed by atoms with van der Waals surface area (Å²) >= 11 is 5.43. The van der Waals surface area contributed by atoms with Gasteiger partial charge in [0.05, 0.1) is 21.8 Å². The number of hydrogen-bond donors (Lipinski definition) is 1. The summed E-state index contributed by atoms with van der Waals surface area (Å²) in [6.45, 7) is 0. The van der Waals surface area contributed by atoms with E-state index in [1.807, 2.05) is 0 Å². The Morgan fingerprint density at radius 1 is 1.36 bits per heavy atom. The van der Waals surface area contributed by atoms with Crippen molar-refractivity contribution in [2.24, 2.45) is 0 Å². The number of alkyl halides is 3. The fourth-order valence-electron chi connectivity index (χ4n) is 0.874. The van der Waals surface area contributed by atoms with Crippen LogP contribution in [0.4, 0.5) is 18.9 Å². The molecule has 1 aromatic rings. The minimum absolute atomic E-state index is 0.137. The average Bonchev–Trinajstić information content (AvgIpc) is 2.07. The molecule has 0 saturated heterocycles. The molecule has 0 spiro atoms. The van der Waals surface area contributed by atoms with E-state index in [1.54, 1.807) is 0 Å². The lowest BCUT2D eigenvalue weighted by atomic mass is 10.1. The lowest BCUT2D eigenvalue weighted by molar-refractivity contribution is -0.137. The van der Waals surface area contributed by atoms with Crippen LogP contribution < -0.4 is 5.73 Å². The Bertz CT molecular complexity index is 406. The molecule has 0 unspecified atom stereocenters. The standard InChI is InChI=1S/C8H4ClF3N2/c9-6-2-5(8(10,11)12)1-4(3-13)7(6)14/h1-2H,14H2. The highest BCUT2D eigenvalue weighted by atomic mass is 35.5. The molecule has 1 rings (SSSR count). The third-order valence-electron chi connectivity index (χ3n) is 1.58. The first kappa shape index (κ1) is 10.7. The first-order valence-electron chi connectivity index (χ1n) is 3.42. The maximum absolute atomic E-state index is 12.2. The van der Waals surface area contributed by atoms with Crippen molar-refractivity contribution in [1.29, 1.82) is 5.26 Å². The Morgan fingerprint density at radius 3 is 2.36 bits per heavy atom. The predicted molar refractivity (Wildman–Crippen MR) is 45.6 cm³/mol. The van der Waals surface area contributed by atoms with Gasteiger partial charge in [-0.15, -0.1) is 0 Å². The second-order valence-corrected chi connectivity index (χ2v) is 2.94. The summed E-state index contributed by atoms with van der Waals surface area (Å²) in [6.07, 6.45) is -4.52. The van der Waals surface area contributed by atoms with Crippen molar-refractivity contribution in [3.63, 3.8) is 0 Å². The minimum atomic E-state index is -4.52. The van der Waals surface area contributed by atoms with Crippen molar-refractivity contribution in [2.75, 3.05) is 5.73 Å². The third kappa shape index (κ3) is 1.91. The number of halogens is 4. The normalized spacial score (nSPS) is 11.1. The molecule has 0 aliphatic heterocycles. The van der Waals surface area contributed by atoms with Gasteiger partial charge in [0.2, 0.25) is 0 Å². The van der Waals surface area contributed by atoms with E-state index in [0.717, 1.165) is 0 Å². The molecule has 2 nitrogen and oxygen atoms in total. The van der Waals surface area contributed by atoms with Gasteiger partial charge in [0.1, 0.15) is 6.07 Å². The van der Waals surface area contributed by atoms with E-state index in [-0.39, 0.29) is 16.3 Å². The number of rotatable bonds is 0. The Kier molecular flexibility index (Phi) is 2.58. The van der Waals surface area contributed by atoms with Gasteiger partial charge < -0.3 is 5.73 Å². The highest BCUT2D eigenvalue weighted by Gasteiger charge is 2.31. The number of nitriles is 1. The average molecular weight is 221 g/mol. The smallest absolute Gasteiger partial charge is 0.396 e. The van der Waals surface area contributed by atoms with Crippen molar-refractivity contribution < 1.29 is 13.2 Å². The molecule has 0 atom stereocenters. The van der Waals surface area contributed by atoms with Crippen LogP contribution in [0.1, 0.15) is 11.1 Å². The lowest BCUT2D eigenvalue weighted by Crippen LogP contribution is -2.06. The summed E-state index contributed by atoms with van der Waals surface area (Å²) in [4.78, 5) is 0. The quantitative estimate of drug-likeness (QED) is 0.684. The fraction of sp³-hybridized carbons (Fsp3) is 0.125. The largest absolute Gasteiger partial charge is 0.416 e. The molecule has 0 bridgehead atoms. The first-order valence-corrected chi connectivity index (χ1v) is 3.80. The summed E-state index contributed by atoms with van der Waals surface area (Å²) in [5.41, 5.74) is 3.89. The minimum Gasteiger partial charge on any atom is -0.396 e. The van der Waals surface area contributed by atoms with Gasteiger partial charge in [0.25, 0.3) is 0 Å². The Balaban J connectivity index is 3.40. The van der Waals surface area contributed by atoms with Crippen LogP contribution >= 0.6 is 11.6 Å². The molecular weight excluding hydrogens is 217 g/mol. The Labute approximate surface area is 82.7 Å². The Morgan fingerprint density at radius 2 is 1.93 bits per heavy atom. The number of benzene rings is 1. The molecule has 0 aliphatic carbocycles.